The molecule has 0 bridgehead atoms. The molecule has 0 fully saturated rings. The third-order valence-electron chi connectivity index (χ3n) is 2.33. The molecule has 0 saturated carbocycles. The summed E-state index contributed by atoms with van der Waals surface area (Å²) in [4.78, 5) is 0. The topological polar surface area (TPSA) is 66.4 Å². The molecule has 92 valence electrons. The van der Waals surface area contributed by atoms with Crippen LogP contribution in [0.15, 0.2) is 0 Å². The van der Waals surface area contributed by atoms with Crippen LogP contribution in [0, 0.1) is 0 Å². The predicted molar refractivity (Wildman–Crippen MR) is 62.6 cm³/mol. The Morgan fingerprint density at radius 3 is 2.47 bits per heavy atom. The van der Waals surface area contributed by atoms with Gasteiger partial charge < -0.3 is 5.32 Å². The Morgan fingerprint density at radius 2 is 1.93 bits per heavy atom. The molecule has 1 unspecified atom stereocenters. The maximum atomic E-state index is 10.5. The van der Waals surface area contributed by atoms with E-state index in [9.17, 15) is 8.42 Å². The second-order valence-electron chi connectivity index (χ2n) is 3.99. The minimum Gasteiger partial charge on any atom is -0.314 e. The maximum absolute atomic E-state index is 10.5. The number of hydrogen-bond acceptors (Lipinski definition) is 3. The van der Waals surface area contributed by atoms with Gasteiger partial charge >= 0.3 is 0 Å². The van der Waals surface area contributed by atoms with Gasteiger partial charge in [0, 0.05) is 6.04 Å². The molecular formula is C10H23NO3S. The minimum absolute atomic E-state index is 0.147. The number of hydrogen-bond donors (Lipinski definition) is 2. The van der Waals surface area contributed by atoms with Gasteiger partial charge in [-0.1, -0.05) is 26.2 Å². The summed E-state index contributed by atoms with van der Waals surface area (Å²) in [5, 5.41) is 3.24. The third-order valence-corrected chi connectivity index (χ3v) is 3.08. The van der Waals surface area contributed by atoms with Crippen LogP contribution in [0.2, 0.25) is 0 Å². The smallest absolute Gasteiger partial charge is 0.264 e. The van der Waals surface area contributed by atoms with Gasteiger partial charge in [-0.05, 0) is 26.3 Å². The molecule has 5 heteroatoms. The van der Waals surface area contributed by atoms with Gasteiger partial charge in [0.05, 0.1) is 5.75 Å². The highest BCUT2D eigenvalue weighted by Gasteiger charge is 2.08. The zero-order valence-corrected chi connectivity index (χ0v) is 10.5. The first kappa shape index (κ1) is 14.9. The van der Waals surface area contributed by atoms with E-state index in [0.717, 1.165) is 13.0 Å². The largest absolute Gasteiger partial charge is 0.314 e. The third kappa shape index (κ3) is 11.8. The van der Waals surface area contributed by atoms with Gasteiger partial charge in [0.1, 0.15) is 0 Å². The number of rotatable bonds is 9. The summed E-state index contributed by atoms with van der Waals surface area (Å²) < 4.78 is 29.5. The van der Waals surface area contributed by atoms with E-state index in [4.69, 9.17) is 4.55 Å². The SMILES string of the molecule is CCCCCCNC(C)CCS(=O)(=O)O. The summed E-state index contributed by atoms with van der Waals surface area (Å²) in [7, 11) is -3.80. The Labute approximate surface area is 93.2 Å². The van der Waals surface area contributed by atoms with Crippen molar-refractivity contribution < 1.29 is 13.0 Å². The highest BCUT2D eigenvalue weighted by Crippen LogP contribution is 1.99. The average molecular weight is 237 g/mol. The van der Waals surface area contributed by atoms with Crippen molar-refractivity contribution in [2.45, 2.75) is 52.0 Å². The van der Waals surface area contributed by atoms with E-state index >= 15 is 0 Å². The van der Waals surface area contributed by atoms with Crippen molar-refractivity contribution in [1.82, 2.24) is 5.32 Å². The zero-order chi connectivity index (χ0) is 11.7. The fraction of sp³-hybridized carbons (Fsp3) is 1.00. The van der Waals surface area contributed by atoms with Crippen LogP contribution < -0.4 is 5.32 Å². The Balaban J connectivity index is 3.37. The summed E-state index contributed by atoms with van der Waals surface area (Å²) in [5.74, 6) is -0.157. The van der Waals surface area contributed by atoms with Gasteiger partial charge in [-0.25, -0.2) is 0 Å². The lowest BCUT2D eigenvalue weighted by molar-refractivity contribution is 0.465. The Kier molecular flexibility index (Phi) is 8.00. The molecule has 0 radical (unpaired) electrons. The monoisotopic (exact) mass is 237 g/mol. The van der Waals surface area contributed by atoms with E-state index in [-0.39, 0.29) is 11.8 Å². The molecule has 0 aromatic heterocycles. The second-order valence-corrected chi connectivity index (χ2v) is 5.56. The van der Waals surface area contributed by atoms with E-state index in [1.54, 1.807) is 0 Å². The van der Waals surface area contributed by atoms with Crippen molar-refractivity contribution in [2.75, 3.05) is 12.3 Å². The Hall–Kier alpha value is -0.130. The predicted octanol–water partition coefficient (Wildman–Crippen LogP) is 1.82. The Bertz CT molecular complexity index is 239. The second kappa shape index (κ2) is 8.07. The van der Waals surface area contributed by atoms with Crippen molar-refractivity contribution in [1.29, 1.82) is 0 Å². The molecule has 0 aliphatic carbocycles. The lowest BCUT2D eigenvalue weighted by atomic mass is 10.2. The molecular weight excluding hydrogens is 214 g/mol. The Morgan fingerprint density at radius 1 is 1.27 bits per heavy atom. The van der Waals surface area contributed by atoms with Gasteiger partial charge in [0.2, 0.25) is 0 Å². The van der Waals surface area contributed by atoms with E-state index in [1.165, 1.54) is 19.3 Å². The summed E-state index contributed by atoms with van der Waals surface area (Å²) in [5.41, 5.74) is 0. The summed E-state index contributed by atoms with van der Waals surface area (Å²) in [6.07, 6.45) is 5.28. The fourth-order valence-corrected chi connectivity index (χ4v) is 1.98. The van der Waals surface area contributed by atoms with Crippen LogP contribution in [-0.2, 0) is 10.1 Å². The molecule has 0 aliphatic heterocycles. The molecule has 0 aromatic carbocycles. The maximum Gasteiger partial charge on any atom is 0.264 e. The number of nitrogens with one attached hydrogen (secondary N) is 1. The van der Waals surface area contributed by atoms with E-state index in [0.29, 0.717) is 6.42 Å². The summed E-state index contributed by atoms with van der Waals surface area (Å²) >= 11 is 0. The van der Waals surface area contributed by atoms with Crippen molar-refractivity contribution in [3.8, 4) is 0 Å². The van der Waals surface area contributed by atoms with Crippen molar-refractivity contribution in [3.05, 3.63) is 0 Å². The lowest BCUT2D eigenvalue weighted by Gasteiger charge is -2.12. The van der Waals surface area contributed by atoms with E-state index in [1.807, 2.05) is 6.92 Å². The van der Waals surface area contributed by atoms with Gasteiger partial charge in [0.15, 0.2) is 0 Å². The van der Waals surface area contributed by atoms with E-state index < -0.39 is 10.1 Å². The minimum atomic E-state index is -3.80. The van der Waals surface area contributed by atoms with Crippen molar-refractivity contribution in [3.63, 3.8) is 0 Å². The van der Waals surface area contributed by atoms with Crippen molar-refractivity contribution >= 4 is 10.1 Å². The van der Waals surface area contributed by atoms with Crippen LogP contribution in [-0.4, -0.2) is 31.3 Å². The van der Waals surface area contributed by atoms with E-state index in [2.05, 4.69) is 12.2 Å². The highest BCUT2D eigenvalue weighted by molar-refractivity contribution is 7.85. The first-order valence-corrected chi connectivity index (χ1v) is 7.25. The molecule has 0 aliphatic rings. The fourth-order valence-electron chi connectivity index (χ4n) is 1.33. The normalized spacial score (nSPS) is 14.1. The van der Waals surface area contributed by atoms with Crippen LogP contribution in [0.1, 0.15) is 46.0 Å². The summed E-state index contributed by atoms with van der Waals surface area (Å²) in [6, 6.07) is 0.147. The van der Waals surface area contributed by atoms with Crippen LogP contribution in [0.25, 0.3) is 0 Å². The van der Waals surface area contributed by atoms with Crippen LogP contribution in [0.5, 0.6) is 0 Å². The number of unbranched alkanes of at least 4 members (excludes halogenated alkanes) is 3. The zero-order valence-electron chi connectivity index (χ0n) is 9.70. The first-order chi connectivity index (χ1) is 6.95. The quantitative estimate of drug-likeness (QED) is 0.474. The van der Waals surface area contributed by atoms with Gasteiger partial charge in [-0.15, -0.1) is 0 Å². The highest BCUT2D eigenvalue weighted by atomic mass is 32.2. The van der Waals surface area contributed by atoms with Gasteiger partial charge in [0.25, 0.3) is 10.1 Å². The lowest BCUT2D eigenvalue weighted by Crippen LogP contribution is -2.29. The molecule has 4 nitrogen and oxygen atoms in total. The van der Waals surface area contributed by atoms with Crippen LogP contribution >= 0.6 is 0 Å². The van der Waals surface area contributed by atoms with Gasteiger partial charge in [-0.3, -0.25) is 4.55 Å². The van der Waals surface area contributed by atoms with Crippen LogP contribution in [0.3, 0.4) is 0 Å². The molecule has 0 saturated heterocycles. The average Bonchev–Trinajstić information content (AvgIpc) is 2.13. The molecule has 1 atom stereocenters. The molecule has 0 rings (SSSR count). The molecule has 0 aromatic rings. The summed E-state index contributed by atoms with van der Waals surface area (Å²) in [6.45, 7) is 5.03. The molecule has 2 N–H and O–H groups in total. The molecule has 15 heavy (non-hydrogen) atoms. The first-order valence-electron chi connectivity index (χ1n) is 5.64. The molecule has 0 amide bonds. The standard InChI is InChI=1S/C10H23NO3S/c1-3-4-5-6-8-11-10(2)7-9-15(12,13)14/h10-11H,3-9H2,1-2H3,(H,12,13,14). The van der Waals surface area contributed by atoms with Crippen molar-refractivity contribution in [2.24, 2.45) is 0 Å². The van der Waals surface area contributed by atoms with Gasteiger partial charge in [-0.2, -0.15) is 8.42 Å². The van der Waals surface area contributed by atoms with Crippen LogP contribution in [0.4, 0.5) is 0 Å². The molecule has 0 heterocycles. The molecule has 0 spiro atoms.